The summed E-state index contributed by atoms with van der Waals surface area (Å²) in [7, 11) is 1.67. The van der Waals surface area contributed by atoms with Crippen molar-refractivity contribution in [3.05, 3.63) is 28.2 Å². The van der Waals surface area contributed by atoms with E-state index in [1.165, 1.54) is 0 Å². The van der Waals surface area contributed by atoms with E-state index in [2.05, 4.69) is 11.4 Å². The number of para-hydroxylation sites is 1. The summed E-state index contributed by atoms with van der Waals surface area (Å²) in [6.07, 6.45) is 0. The Kier molecular flexibility index (Phi) is 8.70. The molecule has 0 heterocycles. The SMILES string of the molecule is CCN(CC(C)C#N)C(=O)CN(C)CC(=O)Nc1c(Cl)cccc1Cl. The zero-order valence-corrected chi connectivity index (χ0v) is 16.1. The molecule has 0 aliphatic rings. The van der Waals surface area contributed by atoms with E-state index in [1.54, 1.807) is 42.0 Å². The van der Waals surface area contributed by atoms with Crippen LogP contribution in [0.1, 0.15) is 13.8 Å². The summed E-state index contributed by atoms with van der Waals surface area (Å²) in [5, 5.41) is 12.2. The van der Waals surface area contributed by atoms with Crippen molar-refractivity contribution in [1.29, 1.82) is 5.26 Å². The van der Waals surface area contributed by atoms with Crippen LogP contribution in [0.3, 0.4) is 0 Å². The Morgan fingerprint density at radius 3 is 2.40 bits per heavy atom. The lowest BCUT2D eigenvalue weighted by atomic mass is 10.2. The molecule has 0 aliphatic heterocycles. The minimum atomic E-state index is -0.321. The molecule has 2 amide bonds. The molecule has 1 atom stereocenters. The van der Waals surface area contributed by atoms with E-state index < -0.39 is 0 Å². The first-order chi connectivity index (χ1) is 11.8. The summed E-state index contributed by atoms with van der Waals surface area (Å²) < 4.78 is 0. The lowest BCUT2D eigenvalue weighted by Crippen LogP contribution is -2.42. The predicted octanol–water partition coefficient (Wildman–Crippen LogP) is 2.87. The summed E-state index contributed by atoms with van der Waals surface area (Å²) in [6, 6.07) is 7.06. The Labute approximate surface area is 158 Å². The van der Waals surface area contributed by atoms with E-state index in [4.69, 9.17) is 28.5 Å². The molecular weight excluding hydrogens is 363 g/mol. The molecule has 0 bridgehead atoms. The molecule has 1 aromatic carbocycles. The fourth-order valence-corrected chi connectivity index (χ4v) is 2.70. The number of hydrogen-bond acceptors (Lipinski definition) is 4. The molecule has 136 valence electrons. The Morgan fingerprint density at radius 1 is 1.28 bits per heavy atom. The standard InChI is InChI=1S/C17H22Cl2N4O2/c1-4-23(9-12(2)8-20)16(25)11-22(3)10-15(24)21-17-13(18)6-5-7-14(17)19/h5-7,12H,4,9-11H2,1-3H3,(H,21,24). The zero-order valence-electron chi connectivity index (χ0n) is 14.6. The van der Waals surface area contributed by atoms with Gasteiger partial charge >= 0.3 is 0 Å². The van der Waals surface area contributed by atoms with Crippen molar-refractivity contribution >= 4 is 40.7 Å². The maximum Gasteiger partial charge on any atom is 0.238 e. The molecule has 1 rings (SSSR count). The molecule has 0 radical (unpaired) electrons. The van der Waals surface area contributed by atoms with Gasteiger partial charge in [-0.3, -0.25) is 14.5 Å². The van der Waals surface area contributed by atoms with Crippen LogP contribution in [-0.4, -0.2) is 54.8 Å². The van der Waals surface area contributed by atoms with Crippen molar-refractivity contribution in [3.63, 3.8) is 0 Å². The number of benzene rings is 1. The van der Waals surface area contributed by atoms with E-state index in [0.717, 1.165) is 0 Å². The molecular formula is C17H22Cl2N4O2. The Morgan fingerprint density at radius 2 is 1.88 bits per heavy atom. The molecule has 0 fully saturated rings. The van der Waals surface area contributed by atoms with Gasteiger partial charge in [0.1, 0.15) is 0 Å². The van der Waals surface area contributed by atoms with Gasteiger partial charge in [-0.1, -0.05) is 29.3 Å². The lowest BCUT2D eigenvalue weighted by molar-refractivity contribution is -0.132. The largest absolute Gasteiger partial charge is 0.341 e. The van der Waals surface area contributed by atoms with Crippen LogP contribution in [0.4, 0.5) is 5.69 Å². The highest BCUT2D eigenvalue weighted by Crippen LogP contribution is 2.29. The van der Waals surface area contributed by atoms with Crippen molar-refractivity contribution in [2.45, 2.75) is 13.8 Å². The highest BCUT2D eigenvalue weighted by Gasteiger charge is 2.18. The topological polar surface area (TPSA) is 76.4 Å². The second-order valence-corrected chi connectivity index (χ2v) is 6.59. The third-order valence-electron chi connectivity index (χ3n) is 3.49. The molecule has 1 aromatic rings. The normalized spacial score (nSPS) is 11.7. The van der Waals surface area contributed by atoms with Gasteiger partial charge < -0.3 is 10.2 Å². The number of carbonyl (C=O) groups excluding carboxylic acids is 2. The molecule has 0 spiro atoms. The number of amides is 2. The predicted molar refractivity (Wildman–Crippen MR) is 99.6 cm³/mol. The molecule has 0 saturated carbocycles. The second kappa shape index (κ2) is 10.2. The van der Waals surface area contributed by atoms with E-state index in [9.17, 15) is 9.59 Å². The van der Waals surface area contributed by atoms with Crippen LogP contribution in [0.5, 0.6) is 0 Å². The van der Waals surface area contributed by atoms with Gasteiger partial charge in [-0.2, -0.15) is 5.26 Å². The number of anilines is 1. The third-order valence-corrected chi connectivity index (χ3v) is 4.12. The van der Waals surface area contributed by atoms with Crippen LogP contribution in [0.15, 0.2) is 18.2 Å². The van der Waals surface area contributed by atoms with Gasteiger partial charge in [0, 0.05) is 13.1 Å². The van der Waals surface area contributed by atoms with Gasteiger partial charge in [-0.05, 0) is 33.0 Å². The van der Waals surface area contributed by atoms with Gasteiger partial charge in [0.15, 0.2) is 0 Å². The third kappa shape index (κ3) is 6.91. The lowest BCUT2D eigenvalue weighted by Gasteiger charge is -2.25. The number of nitriles is 1. The first kappa shape index (κ1) is 21.2. The van der Waals surface area contributed by atoms with Crippen molar-refractivity contribution in [3.8, 4) is 6.07 Å². The molecule has 0 aromatic heterocycles. The number of halogens is 2. The molecule has 0 aliphatic carbocycles. The number of rotatable bonds is 8. The fourth-order valence-electron chi connectivity index (χ4n) is 2.21. The zero-order chi connectivity index (χ0) is 19.0. The Balaban J connectivity index is 2.58. The monoisotopic (exact) mass is 384 g/mol. The van der Waals surface area contributed by atoms with Gasteiger partial charge in [0.2, 0.25) is 11.8 Å². The van der Waals surface area contributed by atoms with Gasteiger partial charge in [0.05, 0.1) is 40.8 Å². The summed E-state index contributed by atoms with van der Waals surface area (Å²) in [4.78, 5) is 27.6. The van der Waals surface area contributed by atoms with Gasteiger partial charge in [-0.15, -0.1) is 0 Å². The van der Waals surface area contributed by atoms with Crippen LogP contribution < -0.4 is 5.32 Å². The fraction of sp³-hybridized carbons (Fsp3) is 0.471. The maximum atomic E-state index is 12.3. The summed E-state index contributed by atoms with van der Waals surface area (Å²) in [5.41, 5.74) is 0.355. The first-order valence-electron chi connectivity index (χ1n) is 7.88. The minimum Gasteiger partial charge on any atom is -0.341 e. The number of likely N-dealkylation sites (N-methyl/N-ethyl adjacent to an activating group) is 2. The van der Waals surface area contributed by atoms with Crippen molar-refractivity contribution in [2.24, 2.45) is 5.92 Å². The van der Waals surface area contributed by atoms with E-state index >= 15 is 0 Å². The number of hydrogen-bond donors (Lipinski definition) is 1. The van der Waals surface area contributed by atoms with Crippen LogP contribution in [-0.2, 0) is 9.59 Å². The first-order valence-corrected chi connectivity index (χ1v) is 8.63. The maximum absolute atomic E-state index is 12.3. The Bertz CT molecular complexity index is 640. The quantitative estimate of drug-likeness (QED) is 0.747. The van der Waals surface area contributed by atoms with E-state index in [0.29, 0.717) is 28.8 Å². The number of nitrogens with zero attached hydrogens (tertiary/aromatic N) is 3. The highest BCUT2D eigenvalue weighted by atomic mass is 35.5. The summed E-state index contributed by atoms with van der Waals surface area (Å²) in [5.74, 6) is -0.686. The van der Waals surface area contributed by atoms with Gasteiger partial charge in [-0.25, -0.2) is 0 Å². The second-order valence-electron chi connectivity index (χ2n) is 5.78. The van der Waals surface area contributed by atoms with Crippen molar-refractivity contribution < 1.29 is 9.59 Å². The van der Waals surface area contributed by atoms with E-state index in [1.807, 2.05) is 6.92 Å². The van der Waals surface area contributed by atoms with Crippen LogP contribution in [0.25, 0.3) is 0 Å². The average molecular weight is 385 g/mol. The minimum absolute atomic E-state index is 0.0125. The van der Waals surface area contributed by atoms with Crippen LogP contribution in [0, 0.1) is 17.2 Å². The average Bonchev–Trinajstić information content (AvgIpc) is 2.55. The molecule has 0 saturated heterocycles. The van der Waals surface area contributed by atoms with Crippen molar-refractivity contribution in [2.75, 3.05) is 38.5 Å². The van der Waals surface area contributed by atoms with E-state index in [-0.39, 0.29) is 30.8 Å². The number of nitrogens with one attached hydrogen (secondary N) is 1. The van der Waals surface area contributed by atoms with Crippen LogP contribution in [0.2, 0.25) is 10.0 Å². The molecule has 8 heteroatoms. The molecule has 1 unspecified atom stereocenters. The number of carbonyl (C=O) groups is 2. The Hall–Kier alpha value is -1.81. The summed E-state index contributed by atoms with van der Waals surface area (Å²) >= 11 is 12.0. The van der Waals surface area contributed by atoms with Crippen LogP contribution >= 0.6 is 23.2 Å². The molecule has 6 nitrogen and oxygen atoms in total. The van der Waals surface area contributed by atoms with Crippen molar-refractivity contribution in [1.82, 2.24) is 9.80 Å². The van der Waals surface area contributed by atoms with Gasteiger partial charge in [0.25, 0.3) is 0 Å². The highest BCUT2D eigenvalue weighted by molar-refractivity contribution is 6.39. The molecule has 1 N–H and O–H groups in total. The smallest absolute Gasteiger partial charge is 0.238 e. The summed E-state index contributed by atoms with van der Waals surface area (Å²) in [6.45, 7) is 4.60. The molecule has 25 heavy (non-hydrogen) atoms.